The lowest BCUT2D eigenvalue weighted by Crippen LogP contribution is -2.53. The molecule has 0 aliphatic heterocycles. The molecule has 0 spiro atoms. The van der Waals surface area contributed by atoms with E-state index in [0.717, 1.165) is 41.5 Å². The summed E-state index contributed by atoms with van der Waals surface area (Å²) < 4.78 is 5.35. The Morgan fingerprint density at radius 1 is 0.710 bits per heavy atom. The van der Waals surface area contributed by atoms with Crippen LogP contribution in [0.25, 0.3) is 11.1 Å². The van der Waals surface area contributed by atoms with E-state index in [1.807, 2.05) is 36.4 Å². The molecule has 0 radical (unpaired) electrons. The highest BCUT2D eigenvalue weighted by molar-refractivity contribution is 6.31. The van der Waals surface area contributed by atoms with E-state index in [4.69, 9.17) is 43.8 Å². The molecule has 8 atom stereocenters. The molecular formula is C40H59ClN8O13. The molecule has 22 heteroatoms. The van der Waals surface area contributed by atoms with Gasteiger partial charge in [-0.25, -0.2) is 9.97 Å². The Hall–Kier alpha value is -4.62. The maximum atomic E-state index is 12.6. The van der Waals surface area contributed by atoms with Gasteiger partial charge in [-0.05, 0) is 54.4 Å². The van der Waals surface area contributed by atoms with E-state index in [1.54, 1.807) is 0 Å². The molecule has 1 aromatic heterocycles. The van der Waals surface area contributed by atoms with E-state index >= 15 is 0 Å². The van der Waals surface area contributed by atoms with Crippen LogP contribution in [0, 0.1) is 0 Å². The third kappa shape index (κ3) is 16.6. The van der Waals surface area contributed by atoms with Gasteiger partial charge < -0.3 is 73.0 Å². The van der Waals surface area contributed by atoms with Gasteiger partial charge in [0.05, 0.1) is 38.4 Å². The number of amides is 1. The second-order valence-corrected chi connectivity index (χ2v) is 15.0. The van der Waals surface area contributed by atoms with Crippen LogP contribution in [0.3, 0.4) is 0 Å². The summed E-state index contributed by atoms with van der Waals surface area (Å²) in [6.45, 7) is -2.51. The summed E-state index contributed by atoms with van der Waals surface area (Å²) in [5.74, 6) is -1.71. The number of aromatic nitrogens is 2. The van der Waals surface area contributed by atoms with Crippen molar-refractivity contribution in [3.63, 3.8) is 0 Å². The number of benzene rings is 2. The summed E-state index contributed by atoms with van der Waals surface area (Å²) >= 11 is 5.82. The van der Waals surface area contributed by atoms with Crippen molar-refractivity contribution in [2.75, 3.05) is 57.5 Å². The molecule has 17 N–H and O–H groups in total. The first kappa shape index (κ1) is 51.7. The van der Waals surface area contributed by atoms with Crippen LogP contribution < -0.4 is 22.5 Å². The number of aliphatic hydroxyl groups is 10. The number of aliphatic hydroxyl groups excluding tert-OH is 10. The third-order valence-corrected chi connectivity index (χ3v) is 10.1. The van der Waals surface area contributed by atoms with Gasteiger partial charge in [-0.15, -0.1) is 0 Å². The first-order chi connectivity index (χ1) is 29.4. The number of esters is 1. The average Bonchev–Trinajstić information content (AvgIpc) is 3.26. The molecule has 62 heavy (non-hydrogen) atoms. The van der Waals surface area contributed by atoms with E-state index in [-0.39, 0.29) is 48.0 Å². The molecule has 344 valence electrons. The van der Waals surface area contributed by atoms with E-state index in [1.165, 1.54) is 4.90 Å². The Morgan fingerprint density at radius 2 is 1.19 bits per heavy atom. The predicted molar refractivity (Wildman–Crippen MR) is 227 cm³/mol. The van der Waals surface area contributed by atoms with Crippen molar-refractivity contribution in [1.29, 1.82) is 0 Å². The van der Waals surface area contributed by atoms with Gasteiger partial charge in [0, 0.05) is 26.2 Å². The van der Waals surface area contributed by atoms with Crippen molar-refractivity contribution in [2.45, 2.75) is 87.4 Å². The molecule has 3 rings (SSSR count). The largest absolute Gasteiger partial charge is 0.466 e. The first-order valence-corrected chi connectivity index (χ1v) is 20.3. The summed E-state index contributed by atoms with van der Waals surface area (Å²) in [5, 5.41) is 101. The Bertz CT molecular complexity index is 1830. The number of unbranched alkanes of at least 4 members (excludes halogenated alkanes) is 1. The Morgan fingerprint density at radius 3 is 1.69 bits per heavy atom. The van der Waals surface area contributed by atoms with Gasteiger partial charge in [-0.3, -0.25) is 24.8 Å². The number of anilines is 2. The SMILES string of the molecule is NC(=NCCCCc1ccc(-c2ccc(CCCOC(=O)CCN(CC(O)C(O)C(O)C(O)CO)CC(O)C(O)C(O)C(O)CO)cc2)cc1)NC(=O)c1nc(Cl)c(N)nc1N. The van der Waals surface area contributed by atoms with Crippen LogP contribution in [0.4, 0.5) is 11.6 Å². The van der Waals surface area contributed by atoms with Crippen LogP contribution in [-0.4, -0.2) is 179 Å². The Labute approximate surface area is 363 Å². The second-order valence-electron chi connectivity index (χ2n) is 14.6. The molecule has 1 amide bonds. The van der Waals surface area contributed by atoms with Crippen molar-refractivity contribution >= 4 is 41.1 Å². The highest BCUT2D eigenvalue weighted by Crippen LogP contribution is 2.22. The third-order valence-electron chi connectivity index (χ3n) is 9.80. The molecule has 0 saturated heterocycles. The minimum atomic E-state index is -1.95. The number of rotatable bonds is 26. The number of aryl methyl sites for hydroxylation is 2. The van der Waals surface area contributed by atoms with E-state index in [9.17, 15) is 50.4 Å². The van der Waals surface area contributed by atoms with Crippen molar-refractivity contribution in [2.24, 2.45) is 10.7 Å². The number of ether oxygens (including phenoxy) is 1. The van der Waals surface area contributed by atoms with Crippen molar-refractivity contribution in [3.8, 4) is 11.1 Å². The maximum Gasteiger partial charge on any atom is 0.307 e. The van der Waals surface area contributed by atoms with E-state index in [0.29, 0.717) is 19.4 Å². The number of nitrogens with two attached hydrogens (primary N) is 3. The standard InChI is InChI=1S/C40H59ClN8O13/c41-36-38(43)47-37(42)31(46-36)39(61)48-40(44)45-15-2-1-4-22-6-10-24(11-7-22)25-12-8-23(9-13-25)5-3-17-62-30(56)14-16-49(18-26(52)32(57)34(59)28(54)20-50)19-27(53)33(58)35(60)29(55)21-51/h6-13,26-29,32-35,50-55,57-60H,1-5,14-21H2,(H4,42,43,47)(H3,44,45,48,61). The summed E-state index contributed by atoms with van der Waals surface area (Å²) in [6.07, 6.45) is -11.6. The zero-order chi connectivity index (χ0) is 45.9. The summed E-state index contributed by atoms with van der Waals surface area (Å²) in [5.41, 5.74) is 21.1. The number of nitrogens with zero attached hydrogens (tertiary/aromatic N) is 4. The van der Waals surface area contributed by atoms with Gasteiger partial charge in [0.1, 0.15) is 36.6 Å². The van der Waals surface area contributed by atoms with Crippen molar-refractivity contribution < 1.29 is 65.4 Å². The van der Waals surface area contributed by atoms with Gasteiger partial charge in [-0.1, -0.05) is 60.1 Å². The van der Waals surface area contributed by atoms with Gasteiger partial charge in [0.15, 0.2) is 28.4 Å². The number of carbonyl (C=O) groups excluding carboxylic acids is 2. The second kappa shape index (κ2) is 26.1. The molecule has 21 nitrogen and oxygen atoms in total. The number of guanidine groups is 1. The Kier molecular flexibility index (Phi) is 21.8. The molecule has 3 aromatic rings. The van der Waals surface area contributed by atoms with E-state index < -0.39 is 87.0 Å². The number of halogens is 1. The van der Waals surface area contributed by atoms with Crippen LogP contribution in [-0.2, 0) is 22.4 Å². The fourth-order valence-electron chi connectivity index (χ4n) is 6.10. The molecule has 0 fully saturated rings. The fourth-order valence-corrected chi connectivity index (χ4v) is 6.23. The molecule has 0 saturated carbocycles. The monoisotopic (exact) mass is 894 g/mol. The van der Waals surface area contributed by atoms with Crippen LogP contribution >= 0.6 is 11.6 Å². The van der Waals surface area contributed by atoms with Crippen LogP contribution in [0.1, 0.15) is 47.3 Å². The molecule has 1 heterocycles. The number of hydrogen-bond donors (Lipinski definition) is 14. The van der Waals surface area contributed by atoms with Gasteiger partial charge in [-0.2, -0.15) is 0 Å². The fraction of sp³-hybridized carbons (Fsp3) is 0.525. The van der Waals surface area contributed by atoms with Crippen LogP contribution in [0.5, 0.6) is 0 Å². The maximum absolute atomic E-state index is 12.6. The summed E-state index contributed by atoms with van der Waals surface area (Å²) in [7, 11) is 0. The van der Waals surface area contributed by atoms with Crippen molar-refractivity contribution in [1.82, 2.24) is 20.2 Å². The lowest BCUT2D eigenvalue weighted by Gasteiger charge is -2.33. The number of aliphatic imine (C=N–C) groups is 1. The quantitative estimate of drug-likeness (QED) is 0.0166. The summed E-state index contributed by atoms with van der Waals surface area (Å²) in [6, 6.07) is 16.1. The molecular weight excluding hydrogens is 836 g/mol. The number of hydrogen-bond acceptors (Lipinski definition) is 19. The zero-order valence-electron chi connectivity index (χ0n) is 34.0. The average molecular weight is 895 g/mol. The number of nitrogen functional groups attached to an aromatic ring is 2. The predicted octanol–water partition coefficient (Wildman–Crippen LogP) is -2.93. The van der Waals surface area contributed by atoms with E-state index in [2.05, 4.69) is 32.4 Å². The normalized spacial score (nSPS) is 15.9. The highest BCUT2D eigenvalue weighted by atomic mass is 35.5. The molecule has 0 aliphatic rings. The zero-order valence-corrected chi connectivity index (χ0v) is 34.8. The van der Waals surface area contributed by atoms with Gasteiger partial charge in [0.25, 0.3) is 5.91 Å². The molecule has 0 aliphatic carbocycles. The lowest BCUT2D eigenvalue weighted by atomic mass is 10.00. The van der Waals surface area contributed by atoms with Crippen LogP contribution in [0.15, 0.2) is 53.5 Å². The topological polar surface area (TPSA) is 377 Å². The summed E-state index contributed by atoms with van der Waals surface area (Å²) in [4.78, 5) is 38.0. The molecule has 0 bridgehead atoms. The smallest absolute Gasteiger partial charge is 0.307 e. The Balaban J connectivity index is 1.41. The molecule has 8 unspecified atom stereocenters. The highest BCUT2D eigenvalue weighted by Gasteiger charge is 2.34. The molecule has 2 aromatic carbocycles. The minimum Gasteiger partial charge on any atom is -0.466 e. The lowest BCUT2D eigenvalue weighted by molar-refractivity contribution is -0.145. The number of nitrogens with one attached hydrogen (secondary N) is 1. The minimum absolute atomic E-state index is 0.0862. The first-order valence-electron chi connectivity index (χ1n) is 19.9. The van der Waals surface area contributed by atoms with Gasteiger partial charge >= 0.3 is 5.97 Å². The number of carbonyl (C=O) groups is 2. The van der Waals surface area contributed by atoms with Crippen LogP contribution in [0.2, 0.25) is 5.15 Å². The van der Waals surface area contributed by atoms with Gasteiger partial charge in [0.2, 0.25) is 0 Å². The van der Waals surface area contributed by atoms with Crippen molar-refractivity contribution in [3.05, 3.63) is 70.5 Å².